The molecule has 0 saturated heterocycles. The lowest BCUT2D eigenvalue weighted by molar-refractivity contribution is -0.142. The fraction of sp³-hybridized carbons (Fsp3) is 0.216. The van der Waals surface area contributed by atoms with Gasteiger partial charge in [-0.15, -0.1) is 0 Å². The number of thiol groups is 1. The number of carbonyl (C=O) groups excluding carboxylic acids is 1. The summed E-state index contributed by atoms with van der Waals surface area (Å²) in [6.07, 6.45) is 5.40. The van der Waals surface area contributed by atoms with Crippen molar-refractivity contribution in [2.45, 2.75) is 36.8 Å². The zero-order chi connectivity index (χ0) is 31.4. The summed E-state index contributed by atoms with van der Waals surface area (Å²) >= 11 is 8.06. The van der Waals surface area contributed by atoms with Gasteiger partial charge in [0.25, 0.3) is 0 Å². The Hall–Kier alpha value is -4.14. The highest BCUT2D eigenvalue weighted by Gasteiger charge is 2.39. The summed E-state index contributed by atoms with van der Waals surface area (Å²) in [7, 11) is 0. The standard InChI is InChI=1S/C37H34BrN3O3S/c38-29-17-19-31-25(20-29)16-18-32(31)33(23-45)35(42)40-34(36(43)44)21-30-22-41(24-39-30)37(26-10-4-1-5-11-26,27-12-6-2-7-13-27)28-14-8-3-9-15-28/h1-15,17,19-20,22,24,32-34,45H,16,18,21,23H2,(H,40,42)(H,43,44)/t32?,33?,34-/m0/s1. The maximum Gasteiger partial charge on any atom is 0.326 e. The number of fused-ring (bicyclic) bond motifs is 1. The number of amides is 1. The van der Waals surface area contributed by atoms with E-state index in [-0.39, 0.29) is 18.2 Å². The van der Waals surface area contributed by atoms with Gasteiger partial charge in [-0.2, -0.15) is 12.6 Å². The largest absolute Gasteiger partial charge is 0.480 e. The molecule has 1 aliphatic carbocycles. The van der Waals surface area contributed by atoms with Crippen molar-refractivity contribution >= 4 is 40.4 Å². The topological polar surface area (TPSA) is 84.2 Å². The van der Waals surface area contributed by atoms with Crippen molar-refractivity contribution in [3.63, 3.8) is 0 Å². The van der Waals surface area contributed by atoms with E-state index < -0.39 is 23.5 Å². The van der Waals surface area contributed by atoms with Crippen molar-refractivity contribution in [2.75, 3.05) is 5.75 Å². The van der Waals surface area contributed by atoms with Crippen LogP contribution < -0.4 is 5.32 Å². The van der Waals surface area contributed by atoms with E-state index in [2.05, 4.69) is 82.4 Å². The number of carboxylic acid groups (broad SMARTS) is 1. The number of halogens is 1. The Balaban J connectivity index is 1.32. The van der Waals surface area contributed by atoms with E-state index in [0.717, 1.165) is 39.6 Å². The number of aromatic nitrogens is 2. The molecule has 1 amide bonds. The highest BCUT2D eigenvalue weighted by Crippen LogP contribution is 2.42. The number of nitrogens with one attached hydrogen (secondary N) is 1. The van der Waals surface area contributed by atoms with Gasteiger partial charge < -0.3 is 15.0 Å². The number of imidazole rings is 1. The first-order valence-corrected chi connectivity index (χ1v) is 16.5. The number of hydrogen-bond donors (Lipinski definition) is 3. The molecule has 3 atom stereocenters. The van der Waals surface area contributed by atoms with Gasteiger partial charge in [0.05, 0.1) is 17.9 Å². The van der Waals surface area contributed by atoms with E-state index in [0.29, 0.717) is 11.4 Å². The first-order chi connectivity index (χ1) is 21.9. The van der Waals surface area contributed by atoms with Gasteiger partial charge in [-0.3, -0.25) is 4.79 Å². The van der Waals surface area contributed by atoms with Crippen molar-refractivity contribution in [3.8, 4) is 0 Å². The number of carboxylic acids is 1. The number of benzene rings is 4. The van der Waals surface area contributed by atoms with Gasteiger partial charge in [0, 0.05) is 22.8 Å². The number of rotatable bonds is 11. The molecule has 0 fully saturated rings. The minimum absolute atomic E-state index is 0.0116. The Bertz CT molecular complexity index is 1680. The molecule has 228 valence electrons. The van der Waals surface area contributed by atoms with E-state index >= 15 is 0 Å². The van der Waals surface area contributed by atoms with E-state index in [1.807, 2.05) is 71.4 Å². The zero-order valence-corrected chi connectivity index (χ0v) is 27.1. The summed E-state index contributed by atoms with van der Waals surface area (Å²) in [5.74, 6) is -1.54. The molecule has 0 radical (unpaired) electrons. The number of carbonyl (C=O) groups is 2. The van der Waals surface area contributed by atoms with Gasteiger partial charge in [0.1, 0.15) is 11.6 Å². The van der Waals surface area contributed by atoms with Crippen LogP contribution in [0.4, 0.5) is 0 Å². The number of aliphatic carboxylic acids is 1. The molecule has 4 aromatic carbocycles. The fourth-order valence-corrected chi connectivity index (χ4v) is 7.58. The summed E-state index contributed by atoms with van der Waals surface area (Å²) in [6, 6.07) is 35.6. The van der Waals surface area contributed by atoms with Crippen LogP contribution in [-0.2, 0) is 28.0 Å². The average molecular weight is 681 g/mol. The summed E-state index contributed by atoms with van der Waals surface area (Å²) in [5, 5.41) is 13.1. The molecule has 0 spiro atoms. The third-order valence-electron chi connectivity index (χ3n) is 8.87. The first-order valence-electron chi connectivity index (χ1n) is 15.0. The predicted octanol–water partition coefficient (Wildman–Crippen LogP) is 6.87. The first kappa shape index (κ1) is 30.9. The summed E-state index contributed by atoms with van der Waals surface area (Å²) < 4.78 is 3.06. The summed E-state index contributed by atoms with van der Waals surface area (Å²) in [4.78, 5) is 30.8. The molecule has 1 aromatic heterocycles. The van der Waals surface area contributed by atoms with E-state index in [1.54, 1.807) is 6.33 Å². The van der Waals surface area contributed by atoms with Gasteiger partial charge in [-0.25, -0.2) is 9.78 Å². The average Bonchev–Trinajstić information content (AvgIpc) is 3.70. The predicted molar refractivity (Wildman–Crippen MR) is 183 cm³/mol. The molecule has 5 aromatic rings. The molecular formula is C37H34BrN3O3S. The smallest absolute Gasteiger partial charge is 0.326 e. The van der Waals surface area contributed by atoms with Crippen LogP contribution in [-0.4, -0.2) is 38.3 Å². The lowest BCUT2D eigenvalue weighted by atomic mass is 9.77. The SMILES string of the molecule is O=C(N[C@@H](Cc1cn(C(c2ccccc2)(c2ccccc2)c2ccccc2)cn1)C(=O)O)C(CS)C1CCc2cc(Br)ccc21. The molecule has 6 nitrogen and oxygen atoms in total. The lowest BCUT2D eigenvalue weighted by Crippen LogP contribution is -2.46. The molecule has 6 rings (SSSR count). The Morgan fingerprint density at radius 3 is 2.04 bits per heavy atom. The van der Waals surface area contributed by atoms with E-state index in [4.69, 9.17) is 4.98 Å². The normalized spacial score (nSPS) is 15.6. The molecule has 0 bridgehead atoms. The highest BCUT2D eigenvalue weighted by molar-refractivity contribution is 9.10. The molecule has 2 unspecified atom stereocenters. The molecule has 2 N–H and O–H groups in total. The quantitative estimate of drug-likeness (QED) is 0.105. The molecule has 1 aliphatic rings. The molecular weight excluding hydrogens is 646 g/mol. The van der Waals surface area contributed by atoms with Gasteiger partial charge in [0.2, 0.25) is 5.91 Å². The van der Waals surface area contributed by atoms with Crippen LogP contribution in [0.25, 0.3) is 0 Å². The minimum Gasteiger partial charge on any atom is -0.480 e. The maximum absolute atomic E-state index is 13.6. The summed E-state index contributed by atoms with van der Waals surface area (Å²) in [6.45, 7) is 0. The van der Waals surface area contributed by atoms with E-state index in [9.17, 15) is 14.7 Å². The van der Waals surface area contributed by atoms with Gasteiger partial charge in [-0.05, 0) is 58.7 Å². The fourth-order valence-electron chi connectivity index (χ4n) is 6.76. The molecule has 1 heterocycles. The van der Waals surface area contributed by atoms with Crippen LogP contribution in [0, 0.1) is 5.92 Å². The van der Waals surface area contributed by atoms with Crippen LogP contribution in [0.2, 0.25) is 0 Å². The Labute approximate surface area is 277 Å². The van der Waals surface area contributed by atoms with Crippen molar-refractivity contribution in [3.05, 3.63) is 160 Å². The van der Waals surface area contributed by atoms with Gasteiger partial charge in [-0.1, -0.05) is 113 Å². The monoisotopic (exact) mass is 679 g/mol. The number of aryl methyl sites for hydroxylation is 1. The van der Waals surface area contributed by atoms with Gasteiger partial charge in [0.15, 0.2) is 0 Å². The van der Waals surface area contributed by atoms with Gasteiger partial charge >= 0.3 is 5.97 Å². The Kier molecular flexibility index (Phi) is 9.24. The summed E-state index contributed by atoms with van der Waals surface area (Å²) in [5.41, 5.74) is 5.26. The van der Waals surface area contributed by atoms with Crippen molar-refractivity contribution in [1.82, 2.24) is 14.9 Å². The van der Waals surface area contributed by atoms with Crippen molar-refractivity contribution in [2.24, 2.45) is 5.92 Å². The third-order valence-corrected chi connectivity index (χ3v) is 9.76. The molecule has 8 heteroatoms. The van der Waals surface area contributed by atoms with Crippen LogP contribution in [0.5, 0.6) is 0 Å². The van der Waals surface area contributed by atoms with Crippen LogP contribution in [0.1, 0.15) is 45.8 Å². The van der Waals surface area contributed by atoms with Crippen LogP contribution in [0.15, 0.2) is 126 Å². The van der Waals surface area contributed by atoms with Crippen LogP contribution >= 0.6 is 28.6 Å². The molecule has 45 heavy (non-hydrogen) atoms. The van der Waals surface area contributed by atoms with Crippen molar-refractivity contribution < 1.29 is 14.7 Å². The van der Waals surface area contributed by atoms with E-state index in [1.165, 1.54) is 5.56 Å². The maximum atomic E-state index is 13.6. The number of hydrogen-bond acceptors (Lipinski definition) is 4. The highest BCUT2D eigenvalue weighted by atomic mass is 79.9. The van der Waals surface area contributed by atoms with Crippen LogP contribution in [0.3, 0.4) is 0 Å². The second kappa shape index (κ2) is 13.5. The lowest BCUT2D eigenvalue weighted by Gasteiger charge is -2.37. The zero-order valence-electron chi connectivity index (χ0n) is 24.6. The second-order valence-corrected chi connectivity index (χ2v) is 12.7. The molecule has 0 aliphatic heterocycles. The number of nitrogens with zero attached hydrogens (tertiary/aromatic N) is 2. The minimum atomic E-state index is -1.14. The Morgan fingerprint density at radius 2 is 1.51 bits per heavy atom. The second-order valence-electron chi connectivity index (χ2n) is 11.5. The Morgan fingerprint density at radius 1 is 0.933 bits per heavy atom. The molecule has 0 saturated carbocycles. The van der Waals surface area contributed by atoms with Crippen molar-refractivity contribution in [1.29, 1.82) is 0 Å². The third kappa shape index (κ3) is 6.09.